The predicted molar refractivity (Wildman–Crippen MR) is 69.1 cm³/mol. The molecule has 1 N–H and O–H groups in total. The molecular formula is C14H23NO. The van der Waals surface area contributed by atoms with Crippen LogP contribution in [0.25, 0.3) is 0 Å². The molecule has 0 unspecified atom stereocenters. The molecule has 2 heteroatoms. The van der Waals surface area contributed by atoms with Crippen molar-refractivity contribution in [2.75, 3.05) is 13.1 Å². The van der Waals surface area contributed by atoms with Crippen LogP contribution >= 0.6 is 0 Å². The van der Waals surface area contributed by atoms with Crippen LogP contribution in [0.5, 0.6) is 5.75 Å². The second-order valence-electron chi connectivity index (χ2n) is 4.27. The van der Waals surface area contributed by atoms with E-state index in [9.17, 15) is 0 Å². The fourth-order valence-corrected chi connectivity index (χ4v) is 1.60. The van der Waals surface area contributed by atoms with Gasteiger partial charge in [-0.15, -0.1) is 0 Å². The minimum Gasteiger partial charge on any atom is -0.491 e. The van der Waals surface area contributed by atoms with Crippen molar-refractivity contribution in [1.29, 1.82) is 0 Å². The van der Waals surface area contributed by atoms with Crippen molar-refractivity contribution in [1.82, 2.24) is 5.32 Å². The standard InChI is InChI=1S/C14H23NO/c1-4-15-11-5-6-13-7-9-14(10-8-13)16-12(2)3/h7-10,12,15H,4-6,11H2,1-3H3. The minimum absolute atomic E-state index is 0.250. The Bertz CT molecular complexity index is 279. The molecule has 1 aromatic rings. The van der Waals surface area contributed by atoms with Crippen LogP contribution in [0.1, 0.15) is 32.8 Å². The normalized spacial score (nSPS) is 10.8. The van der Waals surface area contributed by atoms with Gasteiger partial charge in [-0.1, -0.05) is 19.1 Å². The van der Waals surface area contributed by atoms with Crippen LogP contribution in [-0.2, 0) is 6.42 Å². The van der Waals surface area contributed by atoms with E-state index >= 15 is 0 Å². The zero-order chi connectivity index (χ0) is 11.8. The Labute approximate surface area is 99.0 Å². The molecule has 0 amide bonds. The molecule has 1 rings (SSSR count). The maximum absolute atomic E-state index is 5.60. The first-order valence-corrected chi connectivity index (χ1v) is 6.18. The second kappa shape index (κ2) is 7.29. The van der Waals surface area contributed by atoms with Gasteiger partial charge in [-0.25, -0.2) is 0 Å². The molecule has 0 saturated carbocycles. The first-order chi connectivity index (χ1) is 7.72. The Morgan fingerprint density at radius 2 is 1.88 bits per heavy atom. The van der Waals surface area contributed by atoms with Crippen molar-refractivity contribution < 1.29 is 4.74 Å². The van der Waals surface area contributed by atoms with Crippen LogP contribution in [0.3, 0.4) is 0 Å². The summed E-state index contributed by atoms with van der Waals surface area (Å²) in [5, 5.41) is 3.33. The van der Waals surface area contributed by atoms with Crippen molar-refractivity contribution >= 4 is 0 Å². The fraction of sp³-hybridized carbons (Fsp3) is 0.571. The Hall–Kier alpha value is -1.02. The van der Waals surface area contributed by atoms with Gasteiger partial charge in [0.25, 0.3) is 0 Å². The van der Waals surface area contributed by atoms with Gasteiger partial charge in [0.1, 0.15) is 5.75 Å². The summed E-state index contributed by atoms with van der Waals surface area (Å²) in [6, 6.07) is 8.43. The van der Waals surface area contributed by atoms with Crippen LogP contribution in [0.15, 0.2) is 24.3 Å². The summed E-state index contributed by atoms with van der Waals surface area (Å²) in [4.78, 5) is 0. The van der Waals surface area contributed by atoms with Gasteiger partial charge in [-0.2, -0.15) is 0 Å². The number of nitrogens with one attached hydrogen (secondary N) is 1. The topological polar surface area (TPSA) is 21.3 Å². The van der Waals surface area contributed by atoms with Crippen molar-refractivity contribution in [2.45, 2.75) is 39.7 Å². The molecular weight excluding hydrogens is 198 g/mol. The molecule has 0 aliphatic heterocycles. The molecule has 0 heterocycles. The number of aryl methyl sites for hydroxylation is 1. The van der Waals surface area contributed by atoms with Crippen molar-refractivity contribution in [2.24, 2.45) is 0 Å². The van der Waals surface area contributed by atoms with Crippen molar-refractivity contribution in [3.8, 4) is 5.75 Å². The van der Waals surface area contributed by atoms with Gasteiger partial charge in [0.05, 0.1) is 6.10 Å². The average molecular weight is 221 g/mol. The largest absolute Gasteiger partial charge is 0.491 e. The van der Waals surface area contributed by atoms with E-state index in [1.54, 1.807) is 0 Å². The molecule has 0 aromatic heterocycles. The molecule has 0 saturated heterocycles. The van der Waals surface area contributed by atoms with E-state index in [1.807, 2.05) is 13.8 Å². The lowest BCUT2D eigenvalue weighted by Gasteiger charge is -2.10. The Balaban J connectivity index is 2.33. The highest BCUT2D eigenvalue weighted by molar-refractivity contribution is 5.27. The highest BCUT2D eigenvalue weighted by Crippen LogP contribution is 2.14. The summed E-state index contributed by atoms with van der Waals surface area (Å²) in [5.41, 5.74) is 1.38. The molecule has 90 valence electrons. The lowest BCUT2D eigenvalue weighted by Crippen LogP contribution is -2.14. The van der Waals surface area contributed by atoms with E-state index in [2.05, 4.69) is 36.5 Å². The minimum atomic E-state index is 0.250. The van der Waals surface area contributed by atoms with Gasteiger partial charge in [0.2, 0.25) is 0 Å². The summed E-state index contributed by atoms with van der Waals surface area (Å²) >= 11 is 0. The SMILES string of the molecule is CCNCCCc1ccc(OC(C)C)cc1. The molecule has 0 fully saturated rings. The number of hydrogen-bond donors (Lipinski definition) is 1. The molecule has 0 aliphatic rings. The van der Waals surface area contributed by atoms with Crippen molar-refractivity contribution in [3.63, 3.8) is 0 Å². The number of benzene rings is 1. The fourth-order valence-electron chi connectivity index (χ4n) is 1.60. The first-order valence-electron chi connectivity index (χ1n) is 6.18. The van der Waals surface area contributed by atoms with Crippen molar-refractivity contribution in [3.05, 3.63) is 29.8 Å². The lowest BCUT2D eigenvalue weighted by atomic mass is 10.1. The predicted octanol–water partition coefficient (Wildman–Crippen LogP) is 3.02. The Kier molecular flexibility index (Phi) is 5.94. The molecule has 1 aromatic carbocycles. The van der Waals surface area contributed by atoms with E-state index in [0.29, 0.717) is 0 Å². The summed E-state index contributed by atoms with van der Waals surface area (Å²) in [5.74, 6) is 0.963. The highest BCUT2D eigenvalue weighted by atomic mass is 16.5. The van der Waals surface area contributed by atoms with Crippen LogP contribution < -0.4 is 10.1 Å². The third kappa shape index (κ3) is 5.17. The van der Waals surface area contributed by atoms with Crippen LogP contribution in [0, 0.1) is 0 Å². The summed E-state index contributed by atoms with van der Waals surface area (Å²) in [6.07, 6.45) is 2.58. The zero-order valence-corrected chi connectivity index (χ0v) is 10.6. The van der Waals surface area contributed by atoms with E-state index in [-0.39, 0.29) is 6.10 Å². The van der Waals surface area contributed by atoms with Crippen LogP contribution in [0.2, 0.25) is 0 Å². The summed E-state index contributed by atoms with van der Waals surface area (Å²) in [6.45, 7) is 8.38. The first kappa shape index (κ1) is 13.0. The summed E-state index contributed by atoms with van der Waals surface area (Å²) in [7, 11) is 0. The quantitative estimate of drug-likeness (QED) is 0.715. The van der Waals surface area contributed by atoms with Gasteiger partial charge in [0.15, 0.2) is 0 Å². The molecule has 0 spiro atoms. The third-order valence-corrected chi connectivity index (χ3v) is 2.36. The van der Waals surface area contributed by atoms with Gasteiger partial charge in [-0.3, -0.25) is 0 Å². The van der Waals surface area contributed by atoms with Gasteiger partial charge in [0, 0.05) is 0 Å². The highest BCUT2D eigenvalue weighted by Gasteiger charge is 1.98. The Morgan fingerprint density at radius 1 is 1.19 bits per heavy atom. The van der Waals surface area contributed by atoms with E-state index < -0.39 is 0 Å². The third-order valence-electron chi connectivity index (χ3n) is 2.36. The van der Waals surface area contributed by atoms with Crippen LogP contribution in [0.4, 0.5) is 0 Å². The van der Waals surface area contributed by atoms with Gasteiger partial charge >= 0.3 is 0 Å². The number of hydrogen-bond acceptors (Lipinski definition) is 2. The van der Waals surface area contributed by atoms with Gasteiger partial charge in [-0.05, 0) is 57.5 Å². The molecule has 0 aliphatic carbocycles. The summed E-state index contributed by atoms with van der Waals surface area (Å²) < 4.78 is 5.60. The zero-order valence-electron chi connectivity index (χ0n) is 10.6. The molecule has 0 radical (unpaired) electrons. The molecule has 16 heavy (non-hydrogen) atoms. The van der Waals surface area contributed by atoms with Gasteiger partial charge < -0.3 is 10.1 Å². The second-order valence-corrected chi connectivity index (χ2v) is 4.27. The smallest absolute Gasteiger partial charge is 0.119 e. The van der Waals surface area contributed by atoms with Crippen LogP contribution in [-0.4, -0.2) is 19.2 Å². The molecule has 0 atom stereocenters. The van der Waals surface area contributed by atoms with E-state index in [4.69, 9.17) is 4.74 Å². The average Bonchev–Trinajstić information content (AvgIpc) is 2.26. The molecule has 0 bridgehead atoms. The monoisotopic (exact) mass is 221 g/mol. The van der Waals surface area contributed by atoms with E-state index in [0.717, 1.165) is 25.3 Å². The Morgan fingerprint density at radius 3 is 2.44 bits per heavy atom. The lowest BCUT2D eigenvalue weighted by molar-refractivity contribution is 0.242. The number of ether oxygens (including phenoxy) is 1. The molecule has 2 nitrogen and oxygen atoms in total. The number of rotatable bonds is 7. The maximum Gasteiger partial charge on any atom is 0.119 e. The van der Waals surface area contributed by atoms with E-state index in [1.165, 1.54) is 12.0 Å². The maximum atomic E-state index is 5.60.